The van der Waals surface area contributed by atoms with Gasteiger partial charge in [-0.15, -0.1) is 0 Å². The third kappa shape index (κ3) is 3.76. The second kappa shape index (κ2) is 7.27. The highest BCUT2D eigenvalue weighted by atomic mass is 16.2. The van der Waals surface area contributed by atoms with Crippen molar-refractivity contribution in [1.29, 1.82) is 0 Å². The van der Waals surface area contributed by atoms with Crippen molar-refractivity contribution >= 4 is 23.6 Å². The maximum absolute atomic E-state index is 12.1. The van der Waals surface area contributed by atoms with E-state index in [1.165, 1.54) is 5.56 Å². The van der Waals surface area contributed by atoms with Crippen molar-refractivity contribution in [1.82, 2.24) is 15.6 Å². The Balaban J connectivity index is 1.60. The molecule has 1 heterocycles. The summed E-state index contributed by atoms with van der Waals surface area (Å²) in [6.07, 6.45) is 3.99. The molecule has 0 atom stereocenters. The SMILES string of the molecule is CC1(C)NC(=O)N(CCC(=O)N/N=C2/CCCCc3ccccc32)C1=O. The van der Waals surface area contributed by atoms with E-state index in [1.807, 2.05) is 18.2 Å². The number of aryl methyl sites for hydroxylation is 1. The number of carbonyl (C=O) groups is 3. The Hall–Kier alpha value is -2.70. The normalized spacial score (nSPS) is 20.5. The zero-order valence-electron chi connectivity index (χ0n) is 15.2. The zero-order valence-corrected chi connectivity index (χ0v) is 15.2. The zero-order chi connectivity index (χ0) is 18.7. The van der Waals surface area contributed by atoms with Crippen LogP contribution >= 0.6 is 0 Å². The lowest BCUT2D eigenvalue weighted by Gasteiger charge is -2.15. The molecule has 1 fully saturated rings. The van der Waals surface area contributed by atoms with Crippen LogP contribution < -0.4 is 10.7 Å². The molecule has 4 amide bonds. The van der Waals surface area contributed by atoms with Gasteiger partial charge in [-0.1, -0.05) is 24.3 Å². The second-order valence-electron chi connectivity index (χ2n) is 7.22. The number of rotatable bonds is 4. The molecule has 2 aliphatic rings. The average Bonchev–Trinajstić information content (AvgIpc) is 2.75. The molecule has 0 saturated carbocycles. The third-order valence-electron chi connectivity index (χ3n) is 4.76. The number of urea groups is 1. The molecule has 0 unspecified atom stereocenters. The summed E-state index contributed by atoms with van der Waals surface area (Å²) in [6, 6.07) is 7.65. The topological polar surface area (TPSA) is 90.9 Å². The quantitative estimate of drug-likeness (QED) is 0.491. The van der Waals surface area contributed by atoms with Gasteiger partial charge in [0, 0.05) is 18.5 Å². The number of fused-ring (bicyclic) bond motifs is 1. The maximum Gasteiger partial charge on any atom is 0.325 e. The van der Waals surface area contributed by atoms with Crippen molar-refractivity contribution in [3.8, 4) is 0 Å². The molecular weight excluding hydrogens is 332 g/mol. The summed E-state index contributed by atoms with van der Waals surface area (Å²) in [5.74, 6) is -0.635. The standard InChI is InChI=1S/C19H24N4O3/c1-19(2)17(25)23(18(26)20-19)12-11-16(24)22-21-15-10-6-4-8-13-7-3-5-9-14(13)15/h3,5,7,9H,4,6,8,10-12H2,1-2H3,(H,20,26)(H,22,24)/b21-15-. The van der Waals surface area contributed by atoms with Gasteiger partial charge in [0.15, 0.2) is 0 Å². The minimum absolute atomic E-state index is 0.0215. The van der Waals surface area contributed by atoms with E-state index in [0.29, 0.717) is 0 Å². The van der Waals surface area contributed by atoms with Crippen LogP contribution in [0.15, 0.2) is 29.4 Å². The molecule has 26 heavy (non-hydrogen) atoms. The number of hydrazone groups is 1. The number of hydrogen-bond donors (Lipinski definition) is 2. The first-order chi connectivity index (χ1) is 12.4. The van der Waals surface area contributed by atoms with Crippen LogP contribution in [0.2, 0.25) is 0 Å². The van der Waals surface area contributed by atoms with Gasteiger partial charge >= 0.3 is 6.03 Å². The van der Waals surface area contributed by atoms with Crippen molar-refractivity contribution in [2.75, 3.05) is 6.54 Å². The molecule has 1 aliphatic carbocycles. The lowest BCUT2D eigenvalue weighted by Crippen LogP contribution is -2.40. The molecule has 1 aromatic carbocycles. The molecule has 7 heteroatoms. The van der Waals surface area contributed by atoms with Gasteiger partial charge in [-0.05, 0) is 45.1 Å². The van der Waals surface area contributed by atoms with E-state index in [0.717, 1.165) is 41.9 Å². The summed E-state index contributed by atoms with van der Waals surface area (Å²) < 4.78 is 0. The first kappa shape index (κ1) is 18.1. The van der Waals surface area contributed by atoms with Gasteiger partial charge in [0.1, 0.15) is 5.54 Å². The third-order valence-corrected chi connectivity index (χ3v) is 4.76. The lowest BCUT2D eigenvalue weighted by atomic mass is 10.0. The van der Waals surface area contributed by atoms with Gasteiger partial charge in [-0.3, -0.25) is 14.5 Å². The fourth-order valence-electron chi connectivity index (χ4n) is 3.30. The smallest absolute Gasteiger partial charge is 0.324 e. The molecule has 0 spiro atoms. The summed E-state index contributed by atoms with van der Waals surface area (Å²) in [4.78, 5) is 37.1. The lowest BCUT2D eigenvalue weighted by molar-refractivity contribution is -0.130. The molecule has 0 radical (unpaired) electrons. The molecule has 7 nitrogen and oxygen atoms in total. The summed E-state index contributed by atoms with van der Waals surface area (Å²) in [7, 11) is 0. The van der Waals surface area contributed by atoms with E-state index in [2.05, 4.69) is 21.9 Å². The molecule has 3 rings (SSSR count). The number of carbonyl (C=O) groups excluding carboxylic acids is 3. The van der Waals surface area contributed by atoms with Crippen LogP contribution in [0.25, 0.3) is 0 Å². The Morgan fingerprint density at radius 2 is 1.96 bits per heavy atom. The molecule has 0 aromatic heterocycles. The van der Waals surface area contributed by atoms with Crippen LogP contribution in [0.5, 0.6) is 0 Å². The number of nitrogens with zero attached hydrogens (tertiary/aromatic N) is 2. The Morgan fingerprint density at radius 1 is 1.23 bits per heavy atom. The van der Waals surface area contributed by atoms with Gasteiger partial charge in [0.2, 0.25) is 5.91 Å². The molecule has 1 aromatic rings. The maximum atomic E-state index is 12.1. The van der Waals surface area contributed by atoms with Crippen molar-refractivity contribution in [3.63, 3.8) is 0 Å². The second-order valence-corrected chi connectivity index (χ2v) is 7.22. The van der Waals surface area contributed by atoms with Crippen LogP contribution in [0.1, 0.15) is 50.7 Å². The monoisotopic (exact) mass is 356 g/mol. The molecule has 1 saturated heterocycles. The van der Waals surface area contributed by atoms with E-state index in [-0.39, 0.29) is 24.8 Å². The Kier molecular flexibility index (Phi) is 5.06. The van der Waals surface area contributed by atoms with E-state index < -0.39 is 11.6 Å². The van der Waals surface area contributed by atoms with Crippen LogP contribution in [-0.2, 0) is 16.0 Å². The highest BCUT2D eigenvalue weighted by Crippen LogP contribution is 2.21. The molecule has 138 valence electrons. The number of amides is 4. The predicted octanol–water partition coefficient (Wildman–Crippen LogP) is 1.95. The van der Waals surface area contributed by atoms with Gasteiger partial charge < -0.3 is 5.32 Å². The van der Waals surface area contributed by atoms with E-state index in [4.69, 9.17) is 0 Å². The van der Waals surface area contributed by atoms with Gasteiger partial charge in [0.05, 0.1) is 5.71 Å². The van der Waals surface area contributed by atoms with E-state index >= 15 is 0 Å². The highest BCUT2D eigenvalue weighted by molar-refractivity contribution is 6.06. The van der Waals surface area contributed by atoms with Crippen LogP contribution in [0.3, 0.4) is 0 Å². The first-order valence-electron chi connectivity index (χ1n) is 8.96. The molecule has 0 bridgehead atoms. The van der Waals surface area contributed by atoms with Gasteiger partial charge in [-0.2, -0.15) is 5.10 Å². The minimum atomic E-state index is -0.919. The van der Waals surface area contributed by atoms with Crippen molar-refractivity contribution < 1.29 is 14.4 Å². The first-order valence-corrected chi connectivity index (χ1v) is 8.96. The largest absolute Gasteiger partial charge is 0.325 e. The Morgan fingerprint density at radius 3 is 2.69 bits per heavy atom. The Labute approximate surface area is 152 Å². The fraction of sp³-hybridized carbons (Fsp3) is 0.474. The summed E-state index contributed by atoms with van der Waals surface area (Å²) in [5, 5.41) is 6.91. The Bertz CT molecular complexity index is 770. The number of hydrogen-bond acceptors (Lipinski definition) is 4. The van der Waals surface area contributed by atoms with Crippen molar-refractivity contribution in [2.45, 2.75) is 51.5 Å². The average molecular weight is 356 g/mol. The minimum Gasteiger partial charge on any atom is -0.324 e. The number of benzene rings is 1. The number of imide groups is 1. The molecule has 2 N–H and O–H groups in total. The van der Waals surface area contributed by atoms with E-state index in [9.17, 15) is 14.4 Å². The molecule has 1 aliphatic heterocycles. The summed E-state index contributed by atoms with van der Waals surface area (Å²) in [5.41, 5.74) is 4.87. The highest BCUT2D eigenvalue weighted by Gasteiger charge is 2.43. The van der Waals surface area contributed by atoms with Crippen LogP contribution in [0.4, 0.5) is 4.79 Å². The summed E-state index contributed by atoms with van der Waals surface area (Å²) >= 11 is 0. The predicted molar refractivity (Wildman–Crippen MR) is 97.6 cm³/mol. The molecular formula is C19H24N4O3. The van der Waals surface area contributed by atoms with Crippen molar-refractivity contribution in [2.24, 2.45) is 5.10 Å². The van der Waals surface area contributed by atoms with Gasteiger partial charge in [0.25, 0.3) is 5.91 Å². The van der Waals surface area contributed by atoms with E-state index in [1.54, 1.807) is 13.8 Å². The van der Waals surface area contributed by atoms with Crippen LogP contribution in [-0.4, -0.2) is 40.5 Å². The van der Waals surface area contributed by atoms with Crippen LogP contribution in [0, 0.1) is 0 Å². The van der Waals surface area contributed by atoms with Gasteiger partial charge in [-0.25, -0.2) is 10.2 Å². The number of nitrogens with one attached hydrogen (secondary N) is 2. The fourth-order valence-corrected chi connectivity index (χ4v) is 3.30. The van der Waals surface area contributed by atoms with Crippen molar-refractivity contribution in [3.05, 3.63) is 35.4 Å². The summed E-state index contributed by atoms with van der Waals surface area (Å²) in [6.45, 7) is 3.33.